The number of aromatic nitrogens is 4. The van der Waals surface area contributed by atoms with Crippen LogP contribution in [0.2, 0.25) is 0 Å². The molecular weight excluding hydrogens is 379 g/mol. The number of halogens is 1. The summed E-state index contributed by atoms with van der Waals surface area (Å²) in [5.74, 6) is 1.18. The summed E-state index contributed by atoms with van der Waals surface area (Å²) in [6, 6.07) is 7.38. The van der Waals surface area contributed by atoms with E-state index >= 15 is 0 Å². The smallest absolute Gasteiger partial charge is 0.286 e. The Morgan fingerprint density at radius 1 is 0.931 bits per heavy atom. The second-order valence-electron chi connectivity index (χ2n) is 6.24. The van der Waals surface area contributed by atoms with Crippen molar-refractivity contribution in [3.8, 4) is 22.9 Å². The highest BCUT2D eigenvalue weighted by Gasteiger charge is 2.19. The molecule has 0 saturated carbocycles. The zero-order valence-corrected chi connectivity index (χ0v) is 16.2. The van der Waals surface area contributed by atoms with Crippen molar-refractivity contribution in [3.63, 3.8) is 0 Å². The molecule has 0 N–H and O–H groups in total. The van der Waals surface area contributed by atoms with Gasteiger partial charge in [0.1, 0.15) is 17.2 Å². The molecule has 0 fully saturated rings. The van der Waals surface area contributed by atoms with Crippen LogP contribution in [0.15, 0.2) is 35.1 Å². The van der Waals surface area contributed by atoms with Crippen molar-refractivity contribution >= 4 is 21.9 Å². The van der Waals surface area contributed by atoms with Gasteiger partial charge in [-0.1, -0.05) is 0 Å². The first-order valence-corrected chi connectivity index (χ1v) is 8.64. The van der Waals surface area contributed by atoms with Crippen LogP contribution >= 0.6 is 0 Å². The van der Waals surface area contributed by atoms with E-state index in [0.717, 1.165) is 0 Å². The van der Waals surface area contributed by atoms with Crippen LogP contribution in [0.25, 0.3) is 27.6 Å². The SMILES string of the molecule is COc1cc(-n2c(C)nc3c(nnc4cc(F)ccc43)c2=O)cc(OC)c1OC. The van der Waals surface area contributed by atoms with E-state index in [1.807, 2.05) is 0 Å². The van der Waals surface area contributed by atoms with Crippen LogP contribution in [0.1, 0.15) is 5.82 Å². The highest BCUT2D eigenvalue weighted by atomic mass is 19.1. The molecule has 0 bridgehead atoms. The molecule has 2 aromatic carbocycles. The van der Waals surface area contributed by atoms with Crippen LogP contribution < -0.4 is 19.8 Å². The number of fused-ring (bicyclic) bond motifs is 3. The Balaban J connectivity index is 2.04. The molecule has 148 valence electrons. The summed E-state index contributed by atoms with van der Waals surface area (Å²) in [4.78, 5) is 17.8. The van der Waals surface area contributed by atoms with Gasteiger partial charge in [-0.15, -0.1) is 10.2 Å². The number of hydrogen-bond donors (Lipinski definition) is 0. The predicted octanol–water partition coefficient (Wildman–Crippen LogP) is 2.80. The summed E-state index contributed by atoms with van der Waals surface area (Å²) in [5, 5.41) is 8.52. The minimum absolute atomic E-state index is 0.0726. The van der Waals surface area contributed by atoms with Gasteiger partial charge >= 0.3 is 0 Å². The fourth-order valence-corrected chi connectivity index (χ4v) is 3.29. The molecule has 0 amide bonds. The molecule has 0 saturated heterocycles. The Morgan fingerprint density at radius 3 is 2.24 bits per heavy atom. The van der Waals surface area contributed by atoms with Crippen LogP contribution in [0.4, 0.5) is 4.39 Å². The molecule has 2 heterocycles. The molecule has 29 heavy (non-hydrogen) atoms. The number of nitrogens with zero attached hydrogens (tertiary/aromatic N) is 4. The van der Waals surface area contributed by atoms with Crippen molar-refractivity contribution in [1.82, 2.24) is 19.7 Å². The fraction of sp³-hybridized carbons (Fsp3) is 0.200. The maximum atomic E-state index is 13.5. The van der Waals surface area contributed by atoms with E-state index in [1.165, 1.54) is 44.1 Å². The predicted molar refractivity (Wildman–Crippen MR) is 105 cm³/mol. The van der Waals surface area contributed by atoms with Crippen LogP contribution in [0, 0.1) is 12.7 Å². The van der Waals surface area contributed by atoms with Gasteiger partial charge in [-0.2, -0.15) is 0 Å². The van der Waals surface area contributed by atoms with E-state index in [4.69, 9.17) is 14.2 Å². The van der Waals surface area contributed by atoms with Gasteiger partial charge < -0.3 is 14.2 Å². The summed E-state index contributed by atoms with van der Waals surface area (Å²) in [7, 11) is 4.48. The molecule has 0 aliphatic carbocycles. The molecular formula is C20H17FN4O4. The molecule has 0 unspecified atom stereocenters. The second-order valence-corrected chi connectivity index (χ2v) is 6.24. The van der Waals surface area contributed by atoms with Crippen molar-refractivity contribution < 1.29 is 18.6 Å². The van der Waals surface area contributed by atoms with Crippen molar-refractivity contribution in [3.05, 3.63) is 52.3 Å². The lowest BCUT2D eigenvalue weighted by Gasteiger charge is -2.16. The third kappa shape index (κ3) is 2.91. The number of aryl methyl sites for hydroxylation is 1. The Bertz CT molecular complexity index is 1290. The Kier molecular flexibility index (Phi) is 4.50. The fourth-order valence-electron chi connectivity index (χ4n) is 3.29. The molecule has 4 rings (SSSR count). The summed E-state index contributed by atoms with van der Waals surface area (Å²) in [6.45, 7) is 1.69. The molecule has 0 aliphatic rings. The van der Waals surface area contributed by atoms with Gasteiger partial charge in [0.15, 0.2) is 17.0 Å². The minimum Gasteiger partial charge on any atom is -0.493 e. The van der Waals surface area contributed by atoms with Crippen molar-refractivity contribution in [2.75, 3.05) is 21.3 Å². The van der Waals surface area contributed by atoms with E-state index < -0.39 is 11.4 Å². The number of rotatable bonds is 4. The molecule has 2 aromatic heterocycles. The van der Waals surface area contributed by atoms with E-state index in [9.17, 15) is 9.18 Å². The maximum absolute atomic E-state index is 13.5. The minimum atomic E-state index is -0.436. The van der Waals surface area contributed by atoms with Gasteiger partial charge in [0.05, 0.1) is 32.5 Å². The zero-order valence-electron chi connectivity index (χ0n) is 16.2. The monoisotopic (exact) mass is 396 g/mol. The first kappa shape index (κ1) is 18.6. The Labute approximate surface area is 164 Å². The largest absolute Gasteiger partial charge is 0.493 e. The van der Waals surface area contributed by atoms with Gasteiger partial charge in [0.25, 0.3) is 5.56 Å². The van der Waals surface area contributed by atoms with E-state index in [0.29, 0.717) is 45.2 Å². The lowest BCUT2D eigenvalue weighted by molar-refractivity contribution is 0.324. The van der Waals surface area contributed by atoms with E-state index in [1.54, 1.807) is 19.1 Å². The van der Waals surface area contributed by atoms with E-state index in [2.05, 4.69) is 15.2 Å². The lowest BCUT2D eigenvalue weighted by Crippen LogP contribution is -2.23. The van der Waals surface area contributed by atoms with Crippen LogP contribution in [0.3, 0.4) is 0 Å². The molecule has 0 aliphatic heterocycles. The molecule has 8 nitrogen and oxygen atoms in total. The highest BCUT2D eigenvalue weighted by Crippen LogP contribution is 2.39. The second kappa shape index (κ2) is 7.01. The average molecular weight is 396 g/mol. The summed E-state index contributed by atoms with van der Waals surface area (Å²) < 4.78 is 31.0. The highest BCUT2D eigenvalue weighted by molar-refractivity contribution is 6.00. The normalized spacial score (nSPS) is 11.1. The molecule has 4 aromatic rings. The summed E-state index contributed by atoms with van der Waals surface area (Å²) >= 11 is 0. The van der Waals surface area contributed by atoms with Gasteiger partial charge in [0, 0.05) is 23.6 Å². The van der Waals surface area contributed by atoms with Crippen molar-refractivity contribution in [2.24, 2.45) is 0 Å². The van der Waals surface area contributed by atoms with Gasteiger partial charge in [-0.3, -0.25) is 9.36 Å². The Hall–Kier alpha value is -3.75. The van der Waals surface area contributed by atoms with Gasteiger partial charge in [-0.05, 0) is 19.1 Å². The molecule has 9 heteroatoms. The number of methoxy groups -OCH3 is 3. The van der Waals surface area contributed by atoms with Gasteiger partial charge in [0.2, 0.25) is 5.75 Å². The third-order valence-electron chi connectivity index (χ3n) is 4.61. The molecule has 0 atom stereocenters. The number of benzene rings is 2. The maximum Gasteiger partial charge on any atom is 0.286 e. The lowest BCUT2D eigenvalue weighted by atomic mass is 10.2. The van der Waals surface area contributed by atoms with Crippen molar-refractivity contribution in [1.29, 1.82) is 0 Å². The first-order valence-electron chi connectivity index (χ1n) is 8.64. The molecule has 0 radical (unpaired) electrons. The summed E-state index contributed by atoms with van der Waals surface area (Å²) in [5.41, 5.74) is 0.817. The van der Waals surface area contributed by atoms with E-state index in [-0.39, 0.29) is 5.52 Å². The van der Waals surface area contributed by atoms with Crippen molar-refractivity contribution in [2.45, 2.75) is 6.92 Å². The first-order chi connectivity index (χ1) is 14.0. The quantitative estimate of drug-likeness (QED) is 0.490. The zero-order chi connectivity index (χ0) is 20.7. The van der Waals surface area contributed by atoms with Crippen LogP contribution in [0.5, 0.6) is 17.2 Å². The van der Waals surface area contributed by atoms with Crippen LogP contribution in [-0.4, -0.2) is 41.1 Å². The van der Waals surface area contributed by atoms with Crippen LogP contribution in [-0.2, 0) is 0 Å². The topological polar surface area (TPSA) is 88.4 Å². The summed E-state index contributed by atoms with van der Waals surface area (Å²) in [6.07, 6.45) is 0. The van der Waals surface area contributed by atoms with Gasteiger partial charge in [-0.25, -0.2) is 9.37 Å². The molecule has 0 spiro atoms. The number of hydrogen-bond acceptors (Lipinski definition) is 7. The Morgan fingerprint density at radius 2 is 1.62 bits per heavy atom. The third-order valence-corrected chi connectivity index (χ3v) is 4.61. The number of ether oxygens (including phenoxy) is 3. The standard InChI is InChI=1S/C20H17FN4O4/c1-10-22-17-13-6-5-11(21)7-14(13)23-24-18(17)20(26)25(10)12-8-15(27-2)19(29-4)16(9-12)28-3/h5-9H,1-4H3. The average Bonchev–Trinajstić information content (AvgIpc) is 2.72.